The molecule has 0 aliphatic heterocycles. The Balaban J connectivity index is 1.55. The molecule has 0 aliphatic carbocycles. The smallest absolute Gasteiger partial charge is 0.308 e. The Morgan fingerprint density at radius 2 is 1.27 bits per heavy atom. The molecule has 0 saturated heterocycles. The molecule has 0 unspecified atom stereocenters. The van der Waals surface area contributed by atoms with Crippen LogP contribution < -0.4 is 15.8 Å². The number of hydrogen-bond donors (Lipinski definition) is 3. The van der Waals surface area contributed by atoms with E-state index in [-0.39, 0.29) is 4.90 Å². The molecule has 7 nitrogen and oxygen atoms in total. The molecular formula is C21H16N3O4S2+. The highest BCUT2D eigenvalue weighted by molar-refractivity contribution is 7.89. The number of carbonyl (C=O) groups excluding carboxylic acids is 1. The summed E-state index contributed by atoms with van der Waals surface area (Å²) in [7, 11) is -3.81. The van der Waals surface area contributed by atoms with Crippen LogP contribution in [0.25, 0.3) is 21.5 Å². The second-order valence-electron chi connectivity index (χ2n) is 6.65. The van der Waals surface area contributed by atoms with E-state index in [1.807, 2.05) is 12.1 Å². The Bertz CT molecular complexity index is 1420. The number of primary sulfonamides is 1. The topological polar surface area (TPSA) is 118 Å². The summed E-state index contributed by atoms with van der Waals surface area (Å²) in [5.74, 6) is 0. The van der Waals surface area contributed by atoms with Gasteiger partial charge in [0.25, 0.3) is 4.90 Å². The van der Waals surface area contributed by atoms with Gasteiger partial charge in [0, 0.05) is 27.7 Å². The predicted molar refractivity (Wildman–Crippen MR) is 118 cm³/mol. The van der Waals surface area contributed by atoms with Crippen molar-refractivity contribution < 1.29 is 17.4 Å². The number of urea groups is 1. The van der Waals surface area contributed by atoms with E-state index in [1.165, 1.54) is 12.1 Å². The molecule has 2 amide bonds. The van der Waals surface area contributed by atoms with Crippen molar-refractivity contribution in [1.82, 2.24) is 0 Å². The van der Waals surface area contributed by atoms with Crippen LogP contribution in [-0.4, -0.2) is 14.4 Å². The lowest BCUT2D eigenvalue weighted by Crippen LogP contribution is -2.19. The lowest BCUT2D eigenvalue weighted by molar-refractivity contribution is 0.262. The van der Waals surface area contributed by atoms with Crippen LogP contribution >= 0.6 is 0 Å². The average molecular weight is 439 g/mol. The third-order valence-corrected chi connectivity index (χ3v) is 5.92. The lowest BCUT2D eigenvalue weighted by Gasteiger charge is -2.10. The van der Waals surface area contributed by atoms with Crippen LogP contribution in [0.3, 0.4) is 0 Å². The summed E-state index contributed by atoms with van der Waals surface area (Å²) in [6, 6.07) is 20.0. The van der Waals surface area contributed by atoms with Crippen molar-refractivity contribution in [1.29, 1.82) is 0 Å². The number of anilines is 2. The number of nitrogens with two attached hydrogens (primary N) is 1. The predicted octanol–water partition coefficient (Wildman–Crippen LogP) is 4.07. The minimum atomic E-state index is -3.81. The number of fused-ring (bicyclic) bond motifs is 2. The summed E-state index contributed by atoms with van der Waals surface area (Å²) < 4.78 is 34.1. The number of benzene rings is 4. The minimum absolute atomic E-state index is 0.00313. The van der Waals surface area contributed by atoms with E-state index in [0.29, 0.717) is 33.3 Å². The Morgan fingerprint density at radius 1 is 0.733 bits per heavy atom. The van der Waals surface area contributed by atoms with Gasteiger partial charge in [0.05, 0.1) is 4.90 Å². The molecule has 0 bridgehead atoms. The quantitative estimate of drug-likeness (QED) is 0.416. The van der Waals surface area contributed by atoms with Gasteiger partial charge in [-0.25, -0.2) is 18.4 Å². The fraction of sp³-hybridized carbons (Fsp3) is 0. The molecule has 30 heavy (non-hydrogen) atoms. The number of nitrogens with one attached hydrogen (secondary N) is 2. The molecule has 0 aliphatic rings. The van der Waals surface area contributed by atoms with Gasteiger partial charge < -0.3 is 10.6 Å². The highest BCUT2D eigenvalue weighted by atomic mass is 32.2. The Labute approximate surface area is 176 Å². The molecule has 0 spiro atoms. The summed E-state index contributed by atoms with van der Waals surface area (Å²) in [6.07, 6.45) is 0. The normalized spacial score (nSPS) is 11.4. The molecule has 150 valence electrons. The maximum atomic E-state index is 12.4. The summed E-state index contributed by atoms with van der Waals surface area (Å²) >= 11 is 0.413. The van der Waals surface area contributed by atoms with Gasteiger partial charge in [-0.3, -0.25) is 0 Å². The molecule has 4 N–H and O–H groups in total. The van der Waals surface area contributed by atoms with Crippen molar-refractivity contribution in [2.45, 2.75) is 9.79 Å². The number of hydrogen-bond acceptors (Lipinski definition) is 4. The molecule has 4 rings (SSSR count). The van der Waals surface area contributed by atoms with E-state index < -0.39 is 16.1 Å². The van der Waals surface area contributed by atoms with E-state index >= 15 is 0 Å². The number of rotatable bonds is 4. The molecule has 0 atom stereocenters. The zero-order valence-electron chi connectivity index (χ0n) is 15.5. The number of sulfonamides is 1. The number of carbonyl (C=O) groups is 1. The Hall–Kier alpha value is -3.40. The van der Waals surface area contributed by atoms with E-state index in [0.717, 1.165) is 16.2 Å². The fourth-order valence-corrected chi connectivity index (χ4v) is 3.98. The SMILES string of the molecule is NS(=O)(=O)c1ccc2ccc(NC(=O)Nc3ccc4ccc([S+]=O)cc4c3)cc2c1. The minimum Gasteiger partial charge on any atom is -0.308 e. The van der Waals surface area contributed by atoms with Crippen LogP contribution in [-0.2, 0) is 25.9 Å². The van der Waals surface area contributed by atoms with Crippen LogP contribution in [0.1, 0.15) is 0 Å². The molecule has 0 saturated carbocycles. The van der Waals surface area contributed by atoms with E-state index in [4.69, 9.17) is 5.14 Å². The standard InChI is InChI=1S/C21H15N3O4S2/c22-30(27,28)20-8-4-14-2-6-18(10-16(14)12-20)24-21(25)23-17-5-1-13-3-7-19(29-26)11-15(13)9-17/h1-12H,(H3-,22,23,24,25,27,28)/p+1. The van der Waals surface area contributed by atoms with Crippen molar-refractivity contribution >= 4 is 60.6 Å². The molecular weight excluding hydrogens is 422 g/mol. The lowest BCUT2D eigenvalue weighted by atomic mass is 10.1. The molecule has 4 aromatic carbocycles. The molecule has 0 fully saturated rings. The van der Waals surface area contributed by atoms with Gasteiger partial charge in [-0.05, 0) is 64.0 Å². The first-order chi connectivity index (χ1) is 14.3. The Kier molecular flexibility index (Phi) is 5.17. The van der Waals surface area contributed by atoms with Gasteiger partial charge in [-0.2, -0.15) is 0 Å². The van der Waals surface area contributed by atoms with Crippen molar-refractivity contribution in [2.75, 3.05) is 10.6 Å². The third-order valence-electron chi connectivity index (χ3n) is 4.56. The monoisotopic (exact) mass is 438 g/mol. The van der Waals surface area contributed by atoms with Crippen molar-refractivity contribution in [2.24, 2.45) is 5.14 Å². The van der Waals surface area contributed by atoms with E-state index in [1.54, 1.807) is 48.5 Å². The Morgan fingerprint density at radius 3 is 1.83 bits per heavy atom. The molecule has 0 radical (unpaired) electrons. The van der Waals surface area contributed by atoms with Crippen molar-refractivity contribution in [3.63, 3.8) is 0 Å². The van der Waals surface area contributed by atoms with Gasteiger partial charge in [0.15, 0.2) is 0 Å². The molecule has 0 heterocycles. The summed E-state index contributed by atoms with van der Waals surface area (Å²) in [5, 5.41) is 13.9. The largest absolute Gasteiger partial charge is 0.505 e. The van der Waals surface area contributed by atoms with E-state index in [9.17, 15) is 17.4 Å². The van der Waals surface area contributed by atoms with Crippen LogP contribution in [0.5, 0.6) is 0 Å². The summed E-state index contributed by atoms with van der Waals surface area (Å²) in [4.78, 5) is 13.0. The second-order valence-corrected chi connectivity index (χ2v) is 8.85. The highest BCUT2D eigenvalue weighted by Crippen LogP contribution is 2.24. The maximum Gasteiger partial charge on any atom is 0.505 e. The maximum absolute atomic E-state index is 12.4. The summed E-state index contributed by atoms with van der Waals surface area (Å²) in [6.45, 7) is 0. The zero-order valence-corrected chi connectivity index (χ0v) is 17.1. The van der Waals surface area contributed by atoms with E-state index in [2.05, 4.69) is 10.6 Å². The van der Waals surface area contributed by atoms with Gasteiger partial charge in [-0.15, -0.1) is 0 Å². The van der Waals surface area contributed by atoms with Gasteiger partial charge in [0.2, 0.25) is 10.0 Å². The second kappa shape index (κ2) is 7.79. The van der Waals surface area contributed by atoms with Crippen LogP contribution in [0.4, 0.5) is 16.2 Å². The summed E-state index contributed by atoms with van der Waals surface area (Å²) in [5.41, 5.74) is 1.07. The first kappa shape index (κ1) is 19.9. The van der Waals surface area contributed by atoms with Crippen LogP contribution in [0.15, 0.2) is 82.6 Å². The first-order valence-electron chi connectivity index (χ1n) is 8.80. The van der Waals surface area contributed by atoms with Crippen LogP contribution in [0, 0.1) is 0 Å². The van der Waals surface area contributed by atoms with Gasteiger partial charge >= 0.3 is 17.7 Å². The van der Waals surface area contributed by atoms with Crippen LogP contribution in [0.2, 0.25) is 0 Å². The molecule has 9 heteroatoms. The molecule has 4 aromatic rings. The first-order valence-corrected chi connectivity index (χ1v) is 11.1. The number of amides is 2. The third kappa shape index (κ3) is 4.28. The van der Waals surface area contributed by atoms with Gasteiger partial charge in [-0.1, -0.05) is 18.2 Å². The molecule has 0 aromatic heterocycles. The van der Waals surface area contributed by atoms with Crippen molar-refractivity contribution in [3.05, 3.63) is 72.8 Å². The van der Waals surface area contributed by atoms with Crippen molar-refractivity contribution in [3.8, 4) is 0 Å². The zero-order chi connectivity index (χ0) is 21.3. The van der Waals surface area contributed by atoms with Gasteiger partial charge in [0.1, 0.15) is 0 Å². The fourth-order valence-electron chi connectivity index (χ4n) is 3.13. The average Bonchev–Trinajstić information content (AvgIpc) is 2.72. The highest BCUT2D eigenvalue weighted by Gasteiger charge is 2.10.